The minimum Gasteiger partial charge on any atom is -0.399 e. The average Bonchev–Trinajstić information content (AvgIpc) is 3.21. The Morgan fingerprint density at radius 3 is 2.32 bits per heavy atom. The Morgan fingerprint density at radius 1 is 1.32 bits per heavy atom. The van der Waals surface area contributed by atoms with Crippen LogP contribution in [0.1, 0.15) is 39.2 Å². The van der Waals surface area contributed by atoms with Gasteiger partial charge in [0.05, 0.1) is 5.41 Å². The fourth-order valence-electron chi connectivity index (χ4n) is 2.54. The highest BCUT2D eigenvalue weighted by molar-refractivity contribution is 5.87. The summed E-state index contributed by atoms with van der Waals surface area (Å²) in [4.78, 5) is 14.6. The van der Waals surface area contributed by atoms with Gasteiger partial charge in [-0.25, -0.2) is 0 Å². The Morgan fingerprint density at radius 2 is 1.84 bits per heavy atom. The number of anilines is 1. The van der Waals surface area contributed by atoms with E-state index in [1.165, 1.54) is 12.8 Å². The van der Waals surface area contributed by atoms with Crippen LogP contribution in [0, 0.1) is 5.92 Å². The lowest BCUT2D eigenvalue weighted by Gasteiger charge is -2.33. The highest BCUT2D eigenvalue weighted by Gasteiger charge is 2.38. The molecule has 2 rings (SSSR count). The second kappa shape index (κ2) is 4.87. The molecule has 1 fully saturated rings. The van der Waals surface area contributed by atoms with Gasteiger partial charge in [0.15, 0.2) is 0 Å². The molecular formula is C16H24N2O. The molecule has 1 aliphatic rings. The summed E-state index contributed by atoms with van der Waals surface area (Å²) in [6.45, 7) is 6.11. The second-order valence-electron chi connectivity index (χ2n) is 6.24. The zero-order valence-electron chi connectivity index (χ0n) is 12.3. The molecule has 0 spiro atoms. The van der Waals surface area contributed by atoms with E-state index in [1.807, 2.05) is 50.1 Å². The second-order valence-corrected chi connectivity index (χ2v) is 6.24. The predicted molar refractivity (Wildman–Crippen MR) is 78.8 cm³/mol. The van der Waals surface area contributed by atoms with Gasteiger partial charge in [0, 0.05) is 18.8 Å². The molecule has 1 atom stereocenters. The maximum atomic E-state index is 12.7. The third-order valence-electron chi connectivity index (χ3n) is 4.40. The highest BCUT2D eigenvalue weighted by Crippen LogP contribution is 2.36. The van der Waals surface area contributed by atoms with E-state index in [4.69, 9.17) is 5.73 Å². The molecule has 1 aromatic carbocycles. The van der Waals surface area contributed by atoms with Crippen LogP contribution >= 0.6 is 0 Å². The molecule has 2 N–H and O–H groups in total. The molecule has 0 aromatic heterocycles. The van der Waals surface area contributed by atoms with Crippen LogP contribution in [0.25, 0.3) is 0 Å². The molecule has 0 saturated heterocycles. The number of benzene rings is 1. The fraction of sp³-hybridized carbons (Fsp3) is 0.562. The summed E-state index contributed by atoms with van der Waals surface area (Å²) in [6, 6.07) is 7.94. The van der Waals surface area contributed by atoms with Crippen molar-refractivity contribution in [2.24, 2.45) is 5.92 Å². The van der Waals surface area contributed by atoms with Gasteiger partial charge >= 0.3 is 0 Å². The number of nitrogen functional groups attached to an aromatic ring is 1. The Bertz CT molecular complexity index is 460. The Balaban J connectivity index is 2.17. The molecule has 3 heteroatoms. The first-order valence-corrected chi connectivity index (χ1v) is 6.97. The van der Waals surface area contributed by atoms with E-state index in [2.05, 4.69) is 6.92 Å². The Labute approximate surface area is 115 Å². The third-order valence-corrected chi connectivity index (χ3v) is 4.40. The predicted octanol–water partition coefficient (Wildman–Crippen LogP) is 2.80. The molecule has 1 amide bonds. The van der Waals surface area contributed by atoms with Crippen molar-refractivity contribution in [3.05, 3.63) is 29.8 Å². The van der Waals surface area contributed by atoms with Gasteiger partial charge in [-0.3, -0.25) is 4.79 Å². The van der Waals surface area contributed by atoms with Gasteiger partial charge < -0.3 is 10.6 Å². The van der Waals surface area contributed by atoms with Crippen LogP contribution in [-0.2, 0) is 10.2 Å². The lowest BCUT2D eigenvalue weighted by Crippen LogP contribution is -2.46. The number of carbonyl (C=O) groups is 1. The van der Waals surface area contributed by atoms with Gasteiger partial charge in [0.1, 0.15) is 0 Å². The van der Waals surface area contributed by atoms with Gasteiger partial charge in [-0.2, -0.15) is 0 Å². The van der Waals surface area contributed by atoms with Crippen LogP contribution in [0.3, 0.4) is 0 Å². The van der Waals surface area contributed by atoms with Crippen LogP contribution < -0.4 is 5.73 Å². The summed E-state index contributed by atoms with van der Waals surface area (Å²) in [5, 5.41) is 0. The van der Waals surface area contributed by atoms with Crippen molar-refractivity contribution in [3.63, 3.8) is 0 Å². The lowest BCUT2D eigenvalue weighted by molar-refractivity contribution is -0.137. The number of amides is 1. The maximum Gasteiger partial charge on any atom is 0.232 e. The van der Waals surface area contributed by atoms with Crippen molar-refractivity contribution < 1.29 is 4.79 Å². The Hall–Kier alpha value is -1.51. The quantitative estimate of drug-likeness (QED) is 0.846. The van der Waals surface area contributed by atoms with Crippen molar-refractivity contribution in [2.45, 2.75) is 45.1 Å². The molecule has 0 heterocycles. The zero-order valence-corrected chi connectivity index (χ0v) is 12.3. The van der Waals surface area contributed by atoms with E-state index in [-0.39, 0.29) is 5.91 Å². The van der Waals surface area contributed by atoms with Gasteiger partial charge in [0.2, 0.25) is 5.91 Å². The van der Waals surface area contributed by atoms with E-state index >= 15 is 0 Å². The van der Waals surface area contributed by atoms with Crippen molar-refractivity contribution >= 4 is 11.6 Å². The first kappa shape index (κ1) is 13.9. The van der Waals surface area contributed by atoms with E-state index < -0.39 is 5.41 Å². The first-order chi connectivity index (χ1) is 8.84. The largest absolute Gasteiger partial charge is 0.399 e. The summed E-state index contributed by atoms with van der Waals surface area (Å²) in [5.74, 6) is 0.868. The summed E-state index contributed by atoms with van der Waals surface area (Å²) in [6.07, 6.45) is 2.50. The number of nitrogens with zero attached hydrogens (tertiary/aromatic N) is 1. The van der Waals surface area contributed by atoms with Gasteiger partial charge in [0.25, 0.3) is 0 Å². The van der Waals surface area contributed by atoms with Crippen LogP contribution in [0.2, 0.25) is 0 Å². The van der Waals surface area contributed by atoms with Crippen LogP contribution in [0.5, 0.6) is 0 Å². The summed E-state index contributed by atoms with van der Waals surface area (Å²) < 4.78 is 0. The minimum absolute atomic E-state index is 0.177. The van der Waals surface area contributed by atoms with Crippen molar-refractivity contribution in [1.82, 2.24) is 4.90 Å². The molecule has 0 bridgehead atoms. The SMILES string of the molecule is CC(C1CC1)N(C)C(=O)C(C)(C)c1ccc(N)cc1. The van der Waals surface area contributed by atoms with E-state index in [0.29, 0.717) is 12.0 Å². The molecule has 104 valence electrons. The molecule has 0 aliphatic heterocycles. The highest BCUT2D eigenvalue weighted by atomic mass is 16.2. The van der Waals surface area contributed by atoms with Gasteiger partial charge in [-0.15, -0.1) is 0 Å². The number of hydrogen-bond donors (Lipinski definition) is 1. The maximum absolute atomic E-state index is 12.7. The van der Waals surface area contributed by atoms with Crippen LogP contribution in [0.15, 0.2) is 24.3 Å². The molecular weight excluding hydrogens is 236 g/mol. The summed E-state index contributed by atoms with van der Waals surface area (Å²) >= 11 is 0. The van der Waals surface area contributed by atoms with Crippen molar-refractivity contribution in [1.29, 1.82) is 0 Å². The topological polar surface area (TPSA) is 46.3 Å². The number of likely N-dealkylation sites (N-methyl/N-ethyl adjacent to an activating group) is 1. The molecule has 1 unspecified atom stereocenters. The summed E-state index contributed by atoms with van der Waals surface area (Å²) in [5.41, 5.74) is 6.94. The number of nitrogens with two attached hydrogens (primary N) is 1. The molecule has 1 aromatic rings. The normalized spacial score (nSPS) is 17.1. The molecule has 1 aliphatic carbocycles. The Kier molecular flexibility index (Phi) is 3.57. The van der Waals surface area contributed by atoms with E-state index in [1.54, 1.807) is 0 Å². The third kappa shape index (κ3) is 2.75. The monoisotopic (exact) mass is 260 g/mol. The van der Waals surface area contributed by atoms with Crippen molar-refractivity contribution in [2.75, 3.05) is 12.8 Å². The number of rotatable bonds is 4. The smallest absolute Gasteiger partial charge is 0.232 e. The number of carbonyl (C=O) groups excluding carboxylic acids is 1. The average molecular weight is 260 g/mol. The van der Waals surface area contributed by atoms with E-state index in [9.17, 15) is 4.79 Å². The number of hydrogen-bond acceptors (Lipinski definition) is 2. The fourth-order valence-corrected chi connectivity index (χ4v) is 2.54. The van der Waals surface area contributed by atoms with Gasteiger partial charge in [-0.1, -0.05) is 12.1 Å². The van der Waals surface area contributed by atoms with Crippen LogP contribution in [-0.4, -0.2) is 23.9 Å². The lowest BCUT2D eigenvalue weighted by atomic mass is 9.82. The minimum atomic E-state index is -0.508. The van der Waals surface area contributed by atoms with E-state index in [0.717, 1.165) is 11.3 Å². The zero-order chi connectivity index (χ0) is 14.2. The molecule has 19 heavy (non-hydrogen) atoms. The van der Waals surface area contributed by atoms with Crippen molar-refractivity contribution in [3.8, 4) is 0 Å². The van der Waals surface area contributed by atoms with Crippen LogP contribution in [0.4, 0.5) is 5.69 Å². The standard InChI is InChI=1S/C16H24N2O/c1-11(12-5-6-12)18(4)15(19)16(2,3)13-7-9-14(17)10-8-13/h7-12H,5-6,17H2,1-4H3. The molecule has 0 radical (unpaired) electrons. The van der Waals surface area contributed by atoms with Gasteiger partial charge in [-0.05, 0) is 57.2 Å². The first-order valence-electron chi connectivity index (χ1n) is 6.97. The summed E-state index contributed by atoms with van der Waals surface area (Å²) in [7, 11) is 1.92. The molecule has 3 nitrogen and oxygen atoms in total. The molecule has 1 saturated carbocycles.